The van der Waals surface area contributed by atoms with Gasteiger partial charge in [-0.15, -0.1) is 0 Å². The summed E-state index contributed by atoms with van der Waals surface area (Å²) in [6.45, 7) is 2.18. The number of carboxylic acids is 1. The summed E-state index contributed by atoms with van der Waals surface area (Å²) in [4.78, 5) is 20.0. The number of hydrogen-bond donors (Lipinski definition) is 1. The molecule has 0 unspecified atom stereocenters. The molecule has 0 saturated heterocycles. The van der Waals surface area contributed by atoms with E-state index in [-0.39, 0.29) is 29.6 Å². The van der Waals surface area contributed by atoms with Crippen LogP contribution in [0.3, 0.4) is 0 Å². The molecule has 0 atom stereocenters. The molecule has 0 amide bonds. The van der Waals surface area contributed by atoms with Crippen molar-refractivity contribution in [2.45, 2.75) is 19.4 Å². The predicted octanol–water partition coefficient (Wildman–Crippen LogP) is -4.92. The zero-order valence-electron chi connectivity index (χ0n) is 6.17. The van der Waals surface area contributed by atoms with Gasteiger partial charge in [-0.05, 0) is 13.8 Å². The quantitative estimate of drug-likeness (QED) is 0.319. The Bertz CT molecular complexity index is 146. The van der Waals surface area contributed by atoms with Crippen LogP contribution in [-0.4, -0.2) is 22.5 Å². The molecule has 0 aromatic heterocycles. The summed E-state index contributed by atoms with van der Waals surface area (Å²) >= 11 is 0. The Morgan fingerprint density at radius 2 is 1.70 bits per heavy atom. The third-order valence-electron chi connectivity index (χ3n) is 0.741. The summed E-state index contributed by atoms with van der Waals surface area (Å²) in [5, 5.41) is 18.4. The van der Waals surface area contributed by atoms with Crippen molar-refractivity contribution in [3.63, 3.8) is 0 Å². The molecule has 0 bridgehead atoms. The average Bonchev–Trinajstić information content (AvgIpc) is 1.62. The molecule has 10 heavy (non-hydrogen) atoms. The first-order chi connectivity index (χ1) is 3.85. The molecule has 0 aliphatic carbocycles. The van der Waals surface area contributed by atoms with Gasteiger partial charge in [-0.2, -0.15) is 0 Å². The van der Waals surface area contributed by atoms with Gasteiger partial charge < -0.3 is 15.0 Å². The van der Waals surface area contributed by atoms with Crippen LogP contribution < -0.4 is 34.7 Å². The molecule has 0 fully saturated rings. The molecule has 1 N–H and O–H groups in total. The third kappa shape index (κ3) is 4.00. The number of aliphatic carboxylic acids is 1. The maximum absolute atomic E-state index is 10.3. The molecule has 0 spiro atoms. The van der Waals surface area contributed by atoms with Crippen molar-refractivity contribution in [2.75, 3.05) is 0 Å². The van der Waals surface area contributed by atoms with Crippen LogP contribution in [0, 0.1) is 0 Å². The van der Waals surface area contributed by atoms with Crippen LogP contribution in [0.4, 0.5) is 0 Å². The van der Waals surface area contributed by atoms with Gasteiger partial charge in [0.2, 0.25) is 5.78 Å². The Morgan fingerprint density at radius 1 is 1.40 bits per heavy atom. The number of aliphatic hydroxyl groups is 1. The molecular weight excluding hydrogens is 147 g/mol. The SMILES string of the molecule is CC(C)(O)C(=O)C(=O)[O-].[Na+]. The summed E-state index contributed by atoms with van der Waals surface area (Å²) in [6.07, 6.45) is 0. The number of carboxylic acid groups (broad SMARTS) is 1. The molecule has 0 aromatic carbocycles. The molecule has 0 radical (unpaired) electrons. The molecule has 0 rings (SSSR count). The Balaban J connectivity index is 0. The van der Waals surface area contributed by atoms with Crippen molar-refractivity contribution in [1.29, 1.82) is 0 Å². The minimum absolute atomic E-state index is 0. The van der Waals surface area contributed by atoms with Gasteiger partial charge in [0.1, 0.15) is 11.6 Å². The van der Waals surface area contributed by atoms with Gasteiger partial charge in [0.25, 0.3) is 0 Å². The summed E-state index contributed by atoms with van der Waals surface area (Å²) < 4.78 is 0. The molecule has 0 aliphatic rings. The van der Waals surface area contributed by atoms with Crippen LogP contribution in [0.1, 0.15) is 13.8 Å². The number of ketones is 1. The number of carbonyl (C=O) groups is 2. The van der Waals surface area contributed by atoms with Crippen molar-refractivity contribution in [1.82, 2.24) is 0 Å². The van der Waals surface area contributed by atoms with Gasteiger partial charge in [0, 0.05) is 0 Å². The Labute approximate surface area is 80.5 Å². The predicted molar refractivity (Wildman–Crippen MR) is 26.3 cm³/mol. The molecule has 0 aromatic rings. The van der Waals surface area contributed by atoms with E-state index in [4.69, 9.17) is 5.11 Å². The minimum Gasteiger partial charge on any atom is -0.542 e. The van der Waals surface area contributed by atoms with Crippen LogP contribution >= 0.6 is 0 Å². The maximum atomic E-state index is 10.3. The van der Waals surface area contributed by atoms with Crippen LogP contribution in [-0.2, 0) is 9.59 Å². The van der Waals surface area contributed by atoms with Crippen molar-refractivity contribution in [2.24, 2.45) is 0 Å². The van der Waals surface area contributed by atoms with Crippen LogP contribution in [0.25, 0.3) is 0 Å². The van der Waals surface area contributed by atoms with Gasteiger partial charge in [0.05, 0.1) is 0 Å². The third-order valence-corrected chi connectivity index (χ3v) is 0.741. The molecular formula is C5H7NaO4. The first kappa shape index (κ1) is 12.7. The zero-order valence-corrected chi connectivity index (χ0v) is 8.17. The molecule has 0 saturated carbocycles. The van der Waals surface area contributed by atoms with E-state index in [1.54, 1.807) is 0 Å². The molecule has 52 valence electrons. The molecule has 4 nitrogen and oxygen atoms in total. The molecule has 5 heteroatoms. The van der Waals surface area contributed by atoms with E-state index in [1.165, 1.54) is 0 Å². The van der Waals surface area contributed by atoms with Crippen molar-refractivity contribution in [3.05, 3.63) is 0 Å². The maximum Gasteiger partial charge on any atom is 1.00 e. The normalized spacial score (nSPS) is 9.90. The fourth-order valence-corrected chi connectivity index (χ4v) is 0.250. The summed E-state index contributed by atoms with van der Waals surface area (Å²) in [5.41, 5.74) is -1.82. The van der Waals surface area contributed by atoms with E-state index in [0.29, 0.717) is 0 Å². The van der Waals surface area contributed by atoms with E-state index in [9.17, 15) is 14.7 Å². The monoisotopic (exact) mass is 154 g/mol. The molecule has 0 heterocycles. The van der Waals surface area contributed by atoms with Crippen molar-refractivity contribution < 1.29 is 49.4 Å². The van der Waals surface area contributed by atoms with E-state index < -0.39 is 17.4 Å². The topological polar surface area (TPSA) is 77.4 Å². The van der Waals surface area contributed by atoms with Crippen LogP contribution in [0.2, 0.25) is 0 Å². The first-order valence-electron chi connectivity index (χ1n) is 2.34. The van der Waals surface area contributed by atoms with E-state index in [1.807, 2.05) is 0 Å². The fraction of sp³-hybridized carbons (Fsp3) is 0.600. The van der Waals surface area contributed by atoms with E-state index >= 15 is 0 Å². The summed E-state index contributed by atoms with van der Waals surface area (Å²) in [6, 6.07) is 0. The Morgan fingerprint density at radius 3 is 1.70 bits per heavy atom. The second-order valence-corrected chi connectivity index (χ2v) is 2.18. The average molecular weight is 154 g/mol. The largest absolute Gasteiger partial charge is 1.00 e. The first-order valence-corrected chi connectivity index (χ1v) is 2.34. The van der Waals surface area contributed by atoms with Crippen molar-refractivity contribution in [3.8, 4) is 0 Å². The zero-order chi connectivity index (χ0) is 7.65. The number of Topliss-reactive ketones (excluding diaryl/α,β-unsaturated/α-hetero) is 1. The van der Waals surface area contributed by atoms with Gasteiger partial charge >= 0.3 is 29.6 Å². The fourth-order valence-electron chi connectivity index (χ4n) is 0.250. The Kier molecular flexibility index (Phi) is 5.20. The number of hydrogen-bond acceptors (Lipinski definition) is 4. The van der Waals surface area contributed by atoms with Gasteiger partial charge in [0.15, 0.2) is 0 Å². The molecule has 0 aliphatic heterocycles. The number of rotatable bonds is 2. The standard InChI is InChI=1S/C5H8O4.Na/c1-5(2,9)3(6)4(7)8;/h9H,1-2H3,(H,7,8);/q;+1/p-1. The van der Waals surface area contributed by atoms with Gasteiger partial charge in [-0.1, -0.05) is 0 Å². The second-order valence-electron chi connectivity index (χ2n) is 2.18. The van der Waals surface area contributed by atoms with Gasteiger partial charge in [-0.3, -0.25) is 4.79 Å². The smallest absolute Gasteiger partial charge is 0.542 e. The summed E-state index contributed by atoms with van der Waals surface area (Å²) in [7, 11) is 0. The van der Waals surface area contributed by atoms with E-state index in [0.717, 1.165) is 13.8 Å². The van der Waals surface area contributed by atoms with Crippen LogP contribution in [0.5, 0.6) is 0 Å². The Hall–Kier alpha value is 0.100. The summed E-state index contributed by atoms with van der Waals surface area (Å²) in [5.74, 6) is -3.16. The minimum atomic E-state index is -1.86. The van der Waals surface area contributed by atoms with Crippen molar-refractivity contribution >= 4 is 11.8 Å². The second kappa shape index (κ2) is 4.08. The van der Waals surface area contributed by atoms with Crippen LogP contribution in [0.15, 0.2) is 0 Å². The van der Waals surface area contributed by atoms with Gasteiger partial charge in [-0.25, -0.2) is 0 Å². The van der Waals surface area contributed by atoms with E-state index in [2.05, 4.69) is 0 Å². The number of carbonyl (C=O) groups excluding carboxylic acids is 2.